The fraction of sp³-hybridized carbons (Fsp3) is 0. The Balaban J connectivity index is 1.77. The van der Waals surface area contributed by atoms with Gasteiger partial charge in [-0.1, -0.05) is 0 Å². The van der Waals surface area contributed by atoms with Crippen LogP contribution in [-0.4, -0.2) is 15.9 Å². The molecule has 6 heteroatoms. The van der Waals surface area contributed by atoms with Crippen molar-refractivity contribution in [3.63, 3.8) is 0 Å². The van der Waals surface area contributed by atoms with Gasteiger partial charge in [-0.15, -0.1) is 11.3 Å². The molecule has 5 nitrogen and oxygen atoms in total. The van der Waals surface area contributed by atoms with Gasteiger partial charge in [0.15, 0.2) is 5.13 Å². The van der Waals surface area contributed by atoms with Gasteiger partial charge in [0.05, 0.1) is 5.69 Å². The Kier molecular flexibility index (Phi) is 3.61. The lowest BCUT2D eigenvalue weighted by Crippen LogP contribution is -2.10. The van der Waals surface area contributed by atoms with E-state index in [1.54, 1.807) is 36.7 Å². The van der Waals surface area contributed by atoms with Crippen LogP contribution in [0.15, 0.2) is 54.2 Å². The molecule has 3 aromatic rings. The molecule has 0 aliphatic heterocycles. The molecule has 0 atom stereocenters. The topological polar surface area (TPSA) is 80.9 Å². The van der Waals surface area contributed by atoms with Gasteiger partial charge in [0.2, 0.25) is 5.91 Å². The Morgan fingerprint density at radius 2 is 1.81 bits per heavy atom. The van der Waals surface area contributed by atoms with Gasteiger partial charge >= 0.3 is 0 Å². The maximum atomic E-state index is 11.0. The van der Waals surface area contributed by atoms with E-state index >= 15 is 0 Å². The minimum absolute atomic E-state index is 0.434. The van der Waals surface area contributed by atoms with Gasteiger partial charge < -0.3 is 11.1 Å². The van der Waals surface area contributed by atoms with E-state index in [1.807, 2.05) is 17.5 Å². The number of thiazole rings is 1. The van der Waals surface area contributed by atoms with Gasteiger partial charge in [0.1, 0.15) is 0 Å². The number of carbonyl (C=O) groups excluding carboxylic acids is 1. The number of pyridine rings is 1. The van der Waals surface area contributed by atoms with Crippen molar-refractivity contribution in [1.82, 2.24) is 9.97 Å². The summed E-state index contributed by atoms with van der Waals surface area (Å²) >= 11 is 1.52. The third kappa shape index (κ3) is 3.06. The molecule has 0 bridgehead atoms. The van der Waals surface area contributed by atoms with Gasteiger partial charge in [-0.05, 0) is 36.4 Å². The van der Waals surface area contributed by atoms with E-state index in [-0.39, 0.29) is 0 Å². The number of nitrogens with zero attached hydrogens (tertiary/aromatic N) is 2. The molecule has 1 amide bonds. The molecule has 0 unspecified atom stereocenters. The summed E-state index contributed by atoms with van der Waals surface area (Å²) in [6, 6.07) is 10.8. The Hall–Kier alpha value is -2.73. The van der Waals surface area contributed by atoms with Gasteiger partial charge in [-0.3, -0.25) is 9.78 Å². The predicted molar refractivity (Wildman–Crippen MR) is 83.6 cm³/mol. The first-order valence-electron chi connectivity index (χ1n) is 6.25. The summed E-state index contributed by atoms with van der Waals surface area (Å²) in [6.07, 6.45) is 3.48. The fourth-order valence-corrected chi connectivity index (χ4v) is 2.57. The number of carbonyl (C=O) groups is 1. The molecule has 1 aromatic carbocycles. The zero-order valence-corrected chi connectivity index (χ0v) is 11.8. The zero-order chi connectivity index (χ0) is 14.7. The number of benzene rings is 1. The maximum absolute atomic E-state index is 11.0. The molecule has 0 aliphatic rings. The smallest absolute Gasteiger partial charge is 0.248 e. The minimum Gasteiger partial charge on any atom is -0.366 e. The van der Waals surface area contributed by atoms with Crippen LogP contribution < -0.4 is 11.1 Å². The average molecular weight is 296 g/mol. The normalized spacial score (nSPS) is 10.3. The molecular formula is C15H12N4OS. The number of aromatic nitrogens is 2. The molecule has 3 N–H and O–H groups in total. The van der Waals surface area contributed by atoms with E-state index in [4.69, 9.17) is 5.73 Å². The number of primary amides is 1. The van der Waals surface area contributed by atoms with E-state index in [2.05, 4.69) is 15.3 Å². The lowest BCUT2D eigenvalue weighted by atomic mass is 10.2. The Bertz CT molecular complexity index is 753. The van der Waals surface area contributed by atoms with E-state index in [9.17, 15) is 4.79 Å². The summed E-state index contributed by atoms with van der Waals surface area (Å²) < 4.78 is 0. The van der Waals surface area contributed by atoms with E-state index < -0.39 is 5.91 Å². The van der Waals surface area contributed by atoms with Crippen LogP contribution in [0.5, 0.6) is 0 Å². The van der Waals surface area contributed by atoms with Crippen LogP contribution in [0.4, 0.5) is 10.8 Å². The van der Waals surface area contributed by atoms with Crippen molar-refractivity contribution in [3.05, 3.63) is 59.7 Å². The minimum atomic E-state index is -0.434. The van der Waals surface area contributed by atoms with Gasteiger partial charge in [-0.25, -0.2) is 4.98 Å². The van der Waals surface area contributed by atoms with E-state index in [0.29, 0.717) is 5.56 Å². The highest BCUT2D eigenvalue weighted by Crippen LogP contribution is 2.26. The number of hydrogen-bond acceptors (Lipinski definition) is 5. The highest BCUT2D eigenvalue weighted by atomic mass is 32.1. The second-order valence-electron chi connectivity index (χ2n) is 4.34. The second-order valence-corrected chi connectivity index (χ2v) is 5.20. The molecular weight excluding hydrogens is 284 g/mol. The number of rotatable bonds is 4. The van der Waals surface area contributed by atoms with Crippen LogP contribution in [0.25, 0.3) is 11.3 Å². The first-order valence-corrected chi connectivity index (χ1v) is 7.13. The summed E-state index contributed by atoms with van der Waals surface area (Å²) in [5.41, 5.74) is 8.48. The zero-order valence-electron chi connectivity index (χ0n) is 11.0. The van der Waals surface area contributed by atoms with Crippen molar-refractivity contribution in [1.29, 1.82) is 0 Å². The molecule has 0 fully saturated rings. The third-order valence-electron chi connectivity index (χ3n) is 2.90. The largest absolute Gasteiger partial charge is 0.366 e. The van der Waals surface area contributed by atoms with Gasteiger partial charge in [0, 0.05) is 34.6 Å². The van der Waals surface area contributed by atoms with Gasteiger partial charge in [-0.2, -0.15) is 0 Å². The van der Waals surface area contributed by atoms with Crippen LogP contribution in [0.2, 0.25) is 0 Å². The standard InChI is InChI=1S/C15H12N4OS/c16-14(20)11-1-3-12(4-2-11)18-15-19-13(9-21-15)10-5-7-17-8-6-10/h1-9H,(H2,16,20)(H,18,19). The van der Waals surface area contributed by atoms with Crippen LogP contribution in [-0.2, 0) is 0 Å². The lowest BCUT2D eigenvalue weighted by molar-refractivity contribution is 0.100. The van der Waals surface area contributed by atoms with Crippen molar-refractivity contribution >= 4 is 28.1 Å². The summed E-state index contributed by atoms with van der Waals surface area (Å²) in [5, 5.41) is 5.97. The summed E-state index contributed by atoms with van der Waals surface area (Å²) in [5.74, 6) is -0.434. The Labute approximate surface area is 125 Å². The second kappa shape index (κ2) is 5.72. The van der Waals surface area contributed by atoms with Crippen molar-refractivity contribution in [3.8, 4) is 11.3 Å². The summed E-state index contributed by atoms with van der Waals surface area (Å²) in [6.45, 7) is 0. The highest BCUT2D eigenvalue weighted by molar-refractivity contribution is 7.14. The van der Waals surface area contributed by atoms with Crippen LogP contribution in [0.3, 0.4) is 0 Å². The first kappa shape index (κ1) is 13.3. The predicted octanol–water partition coefficient (Wildman–Crippen LogP) is 3.05. The Morgan fingerprint density at radius 3 is 2.48 bits per heavy atom. The number of hydrogen-bond donors (Lipinski definition) is 2. The molecule has 3 rings (SSSR count). The highest BCUT2D eigenvalue weighted by Gasteiger charge is 2.05. The molecule has 104 valence electrons. The van der Waals surface area contributed by atoms with Crippen molar-refractivity contribution in [2.75, 3.05) is 5.32 Å². The molecule has 0 aliphatic carbocycles. The van der Waals surface area contributed by atoms with E-state index in [0.717, 1.165) is 22.1 Å². The third-order valence-corrected chi connectivity index (χ3v) is 3.66. The van der Waals surface area contributed by atoms with Crippen molar-refractivity contribution < 1.29 is 4.79 Å². The van der Waals surface area contributed by atoms with Crippen LogP contribution in [0.1, 0.15) is 10.4 Å². The summed E-state index contributed by atoms with van der Waals surface area (Å²) in [4.78, 5) is 19.5. The molecule has 0 radical (unpaired) electrons. The quantitative estimate of drug-likeness (QED) is 0.775. The van der Waals surface area contributed by atoms with E-state index in [1.165, 1.54) is 11.3 Å². The number of anilines is 2. The molecule has 0 spiro atoms. The van der Waals surface area contributed by atoms with Gasteiger partial charge in [0.25, 0.3) is 0 Å². The number of nitrogens with one attached hydrogen (secondary N) is 1. The number of nitrogens with two attached hydrogens (primary N) is 1. The molecule has 21 heavy (non-hydrogen) atoms. The average Bonchev–Trinajstić information content (AvgIpc) is 2.97. The molecule has 0 saturated heterocycles. The lowest BCUT2D eigenvalue weighted by Gasteiger charge is -2.03. The molecule has 2 aromatic heterocycles. The summed E-state index contributed by atoms with van der Waals surface area (Å²) in [7, 11) is 0. The first-order chi connectivity index (χ1) is 10.2. The number of amides is 1. The van der Waals surface area contributed by atoms with Crippen molar-refractivity contribution in [2.24, 2.45) is 5.73 Å². The molecule has 2 heterocycles. The monoisotopic (exact) mass is 296 g/mol. The van der Waals surface area contributed by atoms with Crippen LogP contribution in [0, 0.1) is 0 Å². The maximum Gasteiger partial charge on any atom is 0.248 e. The Morgan fingerprint density at radius 1 is 1.10 bits per heavy atom. The van der Waals surface area contributed by atoms with Crippen LogP contribution >= 0.6 is 11.3 Å². The SMILES string of the molecule is NC(=O)c1ccc(Nc2nc(-c3ccncc3)cs2)cc1. The van der Waals surface area contributed by atoms with Crippen molar-refractivity contribution in [2.45, 2.75) is 0 Å². The fourth-order valence-electron chi connectivity index (χ4n) is 1.83. The molecule has 0 saturated carbocycles.